The van der Waals surface area contributed by atoms with E-state index in [0.29, 0.717) is 0 Å². The van der Waals surface area contributed by atoms with Gasteiger partial charge in [0.2, 0.25) is 0 Å². The van der Waals surface area contributed by atoms with Crippen molar-refractivity contribution in [3.63, 3.8) is 0 Å². The van der Waals surface area contributed by atoms with E-state index in [9.17, 15) is 0 Å². The third-order valence-electron chi connectivity index (χ3n) is 2.86. The number of nitrogens with one attached hydrogen (secondary N) is 1. The zero-order valence-electron chi connectivity index (χ0n) is 11.7. The third kappa shape index (κ3) is 4.27. The number of rotatable bonds is 6. The molecule has 0 atom stereocenters. The van der Waals surface area contributed by atoms with Crippen LogP contribution < -0.4 is 10.1 Å². The van der Waals surface area contributed by atoms with Crippen LogP contribution in [0, 0.1) is 0 Å². The van der Waals surface area contributed by atoms with Crippen LogP contribution in [0.2, 0.25) is 0 Å². The van der Waals surface area contributed by atoms with Crippen molar-refractivity contribution in [2.45, 2.75) is 18.4 Å². The Morgan fingerprint density at radius 1 is 1.15 bits per heavy atom. The van der Waals surface area contributed by atoms with Gasteiger partial charge in [0, 0.05) is 11.4 Å². The molecule has 2 aromatic carbocycles. The Morgan fingerprint density at radius 3 is 2.50 bits per heavy atom. The van der Waals surface area contributed by atoms with E-state index in [1.165, 1.54) is 10.5 Å². The molecule has 1 N–H and O–H groups in total. The Hall–Kier alpha value is -0.970. The van der Waals surface area contributed by atoms with E-state index in [1.807, 2.05) is 18.2 Å². The summed E-state index contributed by atoms with van der Waals surface area (Å²) < 4.78 is 6.87. The summed E-state index contributed by atoms with van der Waals surface area (Å²) in [5.74, 6) is 1.69. The van der Waals surface area contributed by atoms with Crippen LogP contribution in [0.15, 0.2) is 51.8 Å². The summed E-state index contributed by atoms with van der Waals surface area (Å²) in [5, 5.41) is 3.31. The van der Waals surface area contributed by atoms with Gasteiger partial charge in [-0.1, -0.05) is 13.0 Å². The highest BCUT2D eigenvalue weighted by Crippen LogP contribution is 2.31. The highest BCUT2D eigenvalue weighted by atomic mass is 79.9. The van der Waals surface area contributed by atoms with Crippen molar-refractivity contribution in [2.75, 3.05) is 12.8 Å². The van der Waals surface area contributed by atoms with Crippen molar-refractivity contribution in [3.8, 4) is 11.5 Å². The molecule has 0 spiro atoms. The topological polar surface area (TPSA) is 21.3 Å². The minimum absolute atomic E-state index is 0.835. The molecule has 0 heterocycles. The molecule has 106 valence electrons. The molecule has 0 fully saturated rings. The summed E-state index contributed by atoms with van der Waals surface area (Å²) >= 11 is 5.29. The molecule has 0 saturated carbocycles. The molecule has 2 rings (SSSR count). The molecule has 0 radical (unpaired) electrons. The van der Waals surface area contributed by atoms with E-state index >= 15 is 0 Å². The van der Waals surface area contributed by atoms with Gasteiger partial charge in [-0.05, 0) is 70.7 Å². The summed E-state index contributed by atoms with van der Waals surface area (Å²) in [7, 11) is 0. The molecule has 0 aliphatic rings. The molecular weight excluding hydrogens is 334 g/mol. The predicted molar refractivity (Wildman–Crippen MR) is 89.8 cm³/mol. The number of ether oxygens (including phenoxy) is 1. The molecule has 0 aromatic heterocycles. The van der Waals surface area contributed by atoms with E-state index in [-0.39, 0.29) is 0 Å². The maximum atomic E-state index is 5.89. The second kappa shape index (κ2) is 7.72. The van der Waals surface area contributed by atoms with Gasteiger partial charge in [-0.3, -0.25) is 0 Å². The van der Waals surface area contributed by atoms with Gasteiger partial charge in [0.25, 0.3) is 0 Å². The lowest BCUT2D eigenvalue weighted by Crippen LogP contribution is -2.11. The summed E-state index contributed by atoms with van der Waals surface area (Å²) in [5.41, 5.74) is 1.24. The molecule has 20 heavy (non-hydrogen) atoms. The highest BCUT2D eigenvalue weighted by molar-refractivity contribution is 9.10. The molecule has 2 nitrogen and oxygen atoms in total. The molecule has 0 saturated heterocycles. The van der Waals surface area contributed by atoms with Crippen LogP contribution in [0.3, 0.4) is 0 Å². The maximum absolute atomic E-state index is 5.89. The fourth-order valence-corrected chi connectivity index (χ4v) is 2.69. The molecule has 4 heteroatoms. The first-order chi connectivity index (χ1) is 9.72. The predicted octanol–water partition coefficient (Wildman–Crippen LogP) is 5.07. The van der Waals surface area contributed by atoms with Crippen LogP contribution in [0.5, 0.6) is 11.5 Å². The third-order valence-corrected chi connectivity index (χ3v) is 4.23. The van der Waals surface area contributed by atoms with Crippen molar-refractivity contribution in [3.05, 3.63) is 52.5 Å². The maximum Gasteiger partial charge on any atom is 0.141 e. The van der Waals surface area contributed by atoms with Crippen LogP contribution in [-0.4, -0.2) is 12.8 Å². The Morgan fingerprint density at radius 2 is 1.90 bits per heavy atom. The average Bonchev–Trinajstić information content (AvgIpc) is 2.48. The molecular formula is C16H18BrNOS. The summed E-state index contributed by atoms with van der Waals surface area (Å²) in [6.45, 7) is 3.94. The summed E-state index contributed by atoms with van der Waals surface area (Å²) in [4.78, 5) is 1.23. The number of benzene rings is 2. The fourth-order valence-electron chi connectivity index (χ4n) is 1.78. The Bertz CT molecular complexity index is 557. The van der Waals surface area contributed by atoms with Crippen molar-refractivity contribution >= 4 is 27.7 Å². The van der Waals surface area contributed by atoms with Gasteiger partial charge in [0.05, 0.1) is 4.47 Å². The smallest absolute Gasteiger partial charge is 0.141 e. The van der Waals surface area contributed by atoms with Crippen molar-refractivity contribution in [2.24, 2.45) is 0 Å². The number of thioether (sulfide) groups is 1. The standard InChI is InChI=1S/C16H18BrNOS/c1-3-18-11-12-4-9-16(15(17)10-12)19-13-5-7-14(20-2)8-6-13/h4-10,18H,3,11H2,1-2H3. The largest absolute Gasteiger partial charge is 0.456 e. The minimum Gasteiger partial charge on any atom is -0.456 e. The van der Waals surface area contributed by atoms with E-state index < -0.39 is 0 Å². The van der Waals surface area contributed by atoms with Crippen LogP contribution in [-0.2, 0) is 6.54 Å². The van der Waals surface area contributed by atoms with E-state index in [0.717, 1.165) is 29.1 Å². The second-order valence-corrected chi connectivity index (χ2v) is 6.06. The number of hydrogen-bond donors (Lipinski definition) is 1. The normalized spacial score (nSPS) is 10.6. The molecule has 0 bridgehead atoms. The molecule has 0 aliphatic heterocycles. The Balaban J connectivity index is 2.08. The Kier molecular flexibility index (Phi) is 5.95. The van der Waals surface area contributed by atoms with Crippen molar-refractivity contribution in [1.29, 1.82) is 0 Å². The number of hydrogen-bond acceptors (Lipinski definition) is 3. The van der Waals surface area contributed by atoms with Crippen molar-refractivity contribution < 1.29 is 4.74 Å². The van der Waals surface area contributed by atoms with Gasteiger partial charge in [0.1, 0.15) is 11.5 Å². The van der Waals surface area contributed by atoms with Gasteiger partial charge >= 0.3 is 0 Å². The summed E-state index contributed by atoms with van der Waals surface area (Å²) in [6.07, 6.45) is 2.06. The monoisotopic (exact) mass is 351 g/mol. The molecule has 0 aliphatic carbocycles. The summed E-state index contributed by atoms with van der Waals surface area (Å²) in [6, 6.07) is 14.3. The van der Waals surface area contributed by atoms with Gasteiger partial charge in [-0.25, -0.2) is 0 Å². The van der Waals surface area contributed by atoms with E-state index in [1.54, 1.807) is 11.8 Å². The zero-order valence-corrected chi connectivity index (χ0v) is 14.1. The van der Waals surface area contributed by atoms with Gasteiger partial charge in [-0.15, -0.1) is 11.8 Å². The molecule has 2 aromatic rings. The molecule has 0 unspecified atom stereocenters. The quantitative estimate of drug-likeness (QED) is 0.733. The minimum atomic E-state index is 0.835. The lowest BCUT2D eigenvalue weighted by atomic mass is 10.2. The van der Waals surface area contributed by atoms with Crippen LogP contribution in [0.4, 0.5) is 0 Å². The van der Waals surface area contributed by atoms with E-state index in [4.69, 9.17) is 4.74 Å². The zero-order chi connectivity index (χ0) is 14.4. The van der Waals surface area contributed by atoms with Gasteiger partial charge in [-0.2, -0.15) is 0 Å². The SMILES string of the molecule is CCNCc1ccc(Oc2ccc(SC)cc2)c(Br)c1. The van der Waals surface area contributed by atoms with Crippen molar-refractivity contribution in [1.82, 2.24) is 5.32 Å². The second-order valence-electron chi connectivity index (χ2n) is 4.32. The lowest BCUT2D eigenvalue weighted by Gasteiger charge is -2.10. The van der Waals surface area contributed by atoms with Gasteiger partial charge in [0.15, 0.2) is 0 Å². The fraction of sp³-hybridized carbons (Fsp3) is 0.250. The first-order valence-electron chi connectivity index (χ1n) is 6.54. The molecule has 0 amide bonds. The first kappa shape index (κ1) is 15.4. The van der Waals surface area contributed by atoms with Gasteiger partial charge < -0.3 is 10.1 Å². The van der Waals surface area contributed by atoms with Crippen LogP contribution >= 0.6 is 27.7 Å². The number of halogens is 1. The van der Waals surface area contributed by atoms with Crippen LogP contribution in [0.1, 0.15) is 12.5 Å². The Labute approximate surface area is 133 Å². The van der Waals surface area contributed by atoms with E-state index in [2.05, 4.69) is 58.7 Å². The average molecular weight is 352 g/mol. The lowest BCUT2D eigenvalue weighted by molar-refractivity contribution is 0.479. The first-order valence-corrected chi connectivity index (χ1v) is 8.55. The van der Waals surface area contributed by atoms with Crippen LogP contribution in [0.25, 0.3) is 0 Å². The highest BCUT2D eigenvalue weighted by Gasteiger charge is 2.04.